The average Bonchev–Trinajstić information content (AvgIpc) is 3.17. The highest BCUT2D eigenvalue weighted by molar-refractivity contribution is 7.10. The molecule has 1 saturated carbocycles. The number of ether oxygens (including phenoxy) is 2. The third-order valence-corrected chi connectivity index (χ3v) is 4.13. The Hall–Kier alpha value is -1.69. The van der Waals surface area contributed by atoms with Crippen molar-refractivity contribution in [1.82, 2.24) is 4.98 Å². The van der Waals surface area contributed by atoms with Crippen LogP contribution in [0.5, 0.6) is 11.5 Å². The number of aromatic nitrogens is 1. The SMILES string of the molecule is COc1cc(-c2csc(C3CC3)n2)ccc1OC(F)F. The molecule has 0 spiro atoms. The molecule has 1 heterocycles. The zero-order valence-electron chi connectivity index (χ0n) is 10.8. The molecule has 0 atom stereocenters. The highest BCUT2D eigenvalue weighted by Gasteiger charge is 2.26. The molecule has 1 aromatic heterocycles. The van der Waals surface area contributed by atoms with Crippen LogP contribution in [0.3, 0.4) is 0 Å². The van der Waals surface area contributed by atoms with Gasteiger partial charge in [-0.1, -0.05) is 0 Å². The number of hydrogen-bond acceptors (Lipinski definition) is 4. The lowest BCUT2D eigenvalue weighted by atomic mass is 10.1. The summed E-state index contributed by atoms with van der Waals surface area (Å²) >= 11 is 1.64. The Bertz CT molecular complexity index is 611. The van der Waals surface area contributed by atoms with Gasteiger partial charge in [0, 0.05) is 16.9 Å². The first-order valence-corrected chi connectivity index (χ1v) is 7.14. The summed E-state index contributed by atoms with van der Waals surface area (Å²) in [7, 11) is 1.42. The predicted molar refractivity (Wildman–Crippen MR) is 72.7 cm³/mol. The minimum Gasteiger partial charge on any atom is -0.493 e. The van der Waals surface area contributed by atoms with Gasteiger partial charge < -0.3 is 9.47 Å². The molecule has 0 bridgehead atoms. The second kappa shape index (κ2) is 5.36. The van der Waals surface area contributed by atoms with Crippen LogP contribution in [0.1, 0.15) is 23.8 Å². The van der Waals surface area contributed by atoms with Gasteiger partial charge in [0.25, 0.3) is 0 Å². The second-order valence-electron chi connectivity index (χ2n) is 4.59. The minimum atomic E-state index is -2.87. The van der Waals surface area contributed by atoms with Crippen molar-refractivity contribution in [3.63, 3.8) is 0 Å². The summed E-state index contributed by atoms with van der Waals surface area (Å²) in [6.07, 6.45) is 2.41. The van der Waals surface area contributed by atoms with E-state index in [-0.39, 0.29) is 11.5 Å². The lowest BCUT2D eigenvalue weighted by Crippen LogP contribution is -2.03. The van der Waals surface area contributed by atoms with Gasteiger partial charge in [0.2, 0.25) is 0 Å². The molecule has 0 aliphatic heterocycles. The molecule has 1 aromatic carbocycles. The Labute approximate surface area is 119 Å². The Morgan fingerprint density at radius 2 is 2.10 bits per heavy atom. The van der Waals surface area contributed by atoms with E-state index in [1.54, 1.807) is 23.5 Å². The molecular formula is C14H13F2NO2S. The van der Waals surface area contributed by atoms with E-state index in [1.807, 2.05) is 5.38 Å². The first kappa shape index (κ1) is 13.3. The van der Waals surface area contributed by atoms with E-state index in [2.05, 4.69) is 9.72 Å². The van der Waals surface area contributed by atoms with Crippen molar-refractivity contribution in [2.24, 2.45) is 0 Å². The summed E-state index contributed by atoms with van der Waals surface area (Å²) in [6.45, 7) is -2.87. The summed E-state index contributed by atoms with van der Waals surface area (Å²) in [5.74, 6) is 0.921. The Kier molecular flexibility index (Phi) is 3.56. The fourth-order valence-corrected chi connectivity index (χ4v) is 2.96. The van der Waals surface area contributed by atoms with Crippen molar-refractivity contribution in [3.05, 3.63) is 28.6 Å². The van der Waals surface area contributed by atoms with Crippen LogP contribution in [0.4, 0.5) is 8.78 Å². The van der Waals surface area contributed by atoms with Crippen LogP contribution in [0.15, 0.2) is 23.6 Å². The second-order valence-corrected chi connectivity index (χ2v) is 5.48. The number of hydrogen-bond donors (Lipinski definition) is 0. The molecule has 2 aromatic rings. The summed E-state index contributed by atoms with van der Waals surface area (Å²) in [4.78, 5) is 4.58. The lowest BCUT2D eigenvalue weighted by Gasteiger charge is -2.10. The van der Waals surface area contributed by atoms with E-state index in [0.717, 1.165) is 16.3 Å². The molecular weight excluding hydrogens is 284 g/mol. The van der Waals surface area contributed by atoms with Gasteiger partial charge in [0.15, 0.2) is 11.5 Å². The van der Waals surface area contributed by atoms with Gasteiger partial charge in [-0.25, -0.2) is 4.98 Å². The van der Waals surface area contributed by atoms with Gasteiger partial charge in [0.05, 0.1) is 17.8 Å². The summed E-state index contributed by atoms with van der Waals surface area (Å²) in [6, 6.07) is 4.87. The number of halogens is 2. The molecule has 1 aliphatic rings. The largest absolute Gasteiger partial charge is 0.493 e. The maximum atomic E-state index is 12.3. The maximum absolute atomic E-state index is 12.3. The van der Waals surface area contributed by atoms with Gasteiger partial charge in [-0.2, -0.15) is 8.78 Å². The summed E-state index contributed by atoms with van der Waals surface area (Å²) in [5.41, 5.74) is 1.69. The number of rotatable bonds is 5. The topological polar surface area (TPSA) is 31.4 Å². The first-order chi connectivity index (χ1) is 9.67. The molecule has 106 valence electrons. The lowest BCUT2D eigenvalue weighted by molar-refractivity contribution is -0.0512. The van der Waals surface area contributed by atoms with E-state index in [1.165, 1.54) is 26.0 Å². The Balaban J connectivity index is 1.88. The van der Waals surface area contributed by atoms with Crippen molar-refractivity contribution in [2.75, 3.05) is 7.11 Å². The zero-order valence-corrected chi connectivity index (χ0v) is 11.6. The van der Waals surface area contributed by atoms with Crippen molar-refractivity contribution in [2.45, 2.75) is 25.4 Å². The Morgan fingerprint density at radius 3 is 2.75 bits per heavy atom. The van der Waals surface area contributed by atoms with Gasteiger partial charge in [-0.15, -0.1) is 11.3 Å². The van der Waals surface area contributed by atoms with Crippen LogP contribution >= 0.6 is 11.3 Å². The molecule has 0 amide bonds. The van der Waals surface area contributed by atoms with E-state index in [0.29, 0.717) is 5.92 Å². The van der Waals surface area contributed by atoms with Crippen LogP contribution in [0.2, 0.25) is 0 Å². The van der Waals surface area contributed by atoms with Gasteiger partial charge >= 0.3 is 6.61 Å². The van der Waals surface area contributed by atoms with Crippen LogP contribution in [0, 0.1) is 0 Å². The number of thiazole rings is 1. The van der Waals surface area contributed by atoms with Gasteiger partial charge in [-0.05, 0) is 31.0 Å². The van der Waals surface area contributed by atoms with Crippen LogP contribution in [0.25, 0.3) is 11.3 Å². The third-order valence-electron chi connectivity index (χ3n) is 3.12. The number of nitrogens with zero attached hydrogens (tertiary/aromatic N) is 1. The first-order valence-electron chi connectivity index (χ1n) is 6.26. The van der Waals surface area contributed by atoms with E-state index in [4.69, 9.17) is 4.74 Å². The van der Waals surface area contributed by atoms with Crippen molar-refractivity contribution >= 4 is 11.3 Å². The fourth-order valence-electron chi connectivity index (χ4n) is 1.96. The van der Waals surface area contributed by atoms with Gasteiger partial charge in [-0.3, -0.25) is 0 Å². The molecule has 0 radical (unpaired) electrons. The quantitative estimate of drug-likeness (QED) is 0.824. The number of methoxy groups -OCH3 is 1. The number of alkyl halides is 2. The minimum absolute atomic E-state index is 0.0314. The summed E-state index contributed by atoms with van der Waals surface area (Å²) in [5, 5.41) is 3.13. The van der Waals surface area contributed by atoms with Crippen LogP contribution in [-0.4, -0.2) is 18.7 Å². The van der Waals surface area contributed by atoms with Crippen molar-refractivity contribution in [1.29, 1.82) is 0 Å². The van der Waals surface area contributed by atoms with E-state index < -0.39 is 6.61 Å². The molecule has 1 fully saturated rings. The molecule has 0 N–H and O–H groups in total. The number of benzene rings is 1. The zero-order chi connectivity index (χ0) is 14.1. The van der Waals surface area contributed by atoms with Crippen LogP contribution in [-0.2, 0) is 0 Å². The van der Waals surface area contributed by atoms with E-state index in [9.17, 15) is 8.78 Å². The van der Waals surface area contributed by atoms with Crippen LogP contribution < -0.4 is 9.47 Å². The third kappa shape index (κ3) is 2.75. The maximum Gasteiger partial charge on any atom is 0.387 e. The fraction of sp³-hybridized carbons (Fsp3) is 0.357. The van der Waals surface area contributed by atoms with Crippen molar-refractivity contribution in [3.8, 4) is 22.8 Å². The molecule has 0 saturated heterocycles. The summed E-state index contributed by atoms with van der Waals surface area (Å²) < 4.78 is 34.0. The predicted octanol–water partition coefficient (Wildman–Crippen LogP) is 4.30. The van der Waals surface area contributed by atoms with E-state index >= 15 is 0 Å². The molecule has 20 heavy (non-hydrogen) atoms. The average molecular weight is 297 g/mol. The van der Waals surface area contributed by atoms with Gasteiger partial charge in [0.1, 0.15) is 0 Å². The molecule has 1 aliphatic carbocycles. The Morgan fingerprint density at radius 1 is 1.30 bits per heavy atom. The highest BCUT2D eigenvalue weighted by Crippen LogP contribution is 2.43. The highest BCUT2D eigenvalue weighted by atomic mass is 32.1. The molecule has 6 heteroatoms. The molecule has 0 unspecified atom stereocenters. The molecule has 3 rings (SSSR count). The normalized spacial score (nSPS) is 14.6. The standard InChI is InChI=1S/C14H13F2NO2S/c1-18-12-6-9(4-5-11(12)19-14(15)16)10-7-20-13(17-10)8-2-3-8/h4-8,14H,2-3H2,1H3. The van der Waals surface area contributed by atoms with Crippen molar-refractivity contribution < 1.29 is 18.3 Å². The smallest absolute Gasteiger partial charge is 0.387 e. The molecule has 3 nitrogen and oxygen atoms in total. The monoisotopic (exact) mass is 297 g/mol.